The Hall–Kier alpha value is -3.08. The minimum Gasteiger partial charge on any atom is -0.368 e. The quantitative estimate of drug-likeness (QED) is 0.489. The van der Waals surface area contributed by atoms with Crippen molar-refractivity contribution in [2.75, 3.05) is 31.1 Å². The number of sulfonamides is 1. The number of piperazine rings is 1. The van der Waals surface area contributed by atoms with Gasteiger partial charge in [0, 0.05) is 56.4 Å². The van der Waals surface area contributed by atoms with Gasteiger partial charge in [0.1, 0.15) is 4.90 Å². The number of rotatable bonds is 5. The van der Waals surface area contributed by atoms with Gasteiger partial charge in [-0.2, -0.15) is 0 Å². The van der Waals surface area contributed by atoms with E-state index in [0.717, 1.165) is 29.1 Å². The fourth-order valence-electron chi connectivity index (χ4n) is 3.79. The number of hydrogen-bond acceptors (Lipinski definition) is 7. The molecule has 1 saturated heterocycles. The predicted molar refractivity (Wildman–Crippen MR) is 114 cm³/mol. The van der Waals surface area contributed by atoms with Crippen LogP contribution in [-0.4, -0.2) is 49.4 Å². The van der Waals surface area contributed by atoms with Gasteiger partial charge >= 0.3 is 0 Å². The summed E-state index contributed by atoms with van der Waals surface area (Å²) in [6, 6.07) is 13.9. The number of anilines is 1. The van der Waals surface area contributed by atoms with Gasteiger partial charge in [-0.25, -0.2) is 13.6 Å². The first kappa shape index (κ1) is 20.2. The van der Waals surface area contributed by atoms with Crippen molar-refractivity contribution in [3.8, 4) is 0 Å². The second kappa shape index (κ2) is 7.98. The van der Waals surface area contributed by atoms with Crippen LogP contribution in [0, 0.1) is 10.1 Å². The van der Waals surface area contributed by atoms with Crippen molar-refractivity contribution in [2.45, 2.75) is 11.4 Å². The van der Waals surface area contributed by atoms with Crippen LogP contribution >= 0.6 is 0 Å². The molecule has 1 aliphatic heterocycles. The van der Waals surface area contributed by atoms with E-state index in [1.54, 1.807) is 6.20 Å². The molecule has 0 bridgehead atoms. The highest BCUT2D eigenvalue weighted by atomic mass is 32.2. The minimum absolute atomic E-state index is 0.219. The molecule has 10 heteroatoms. The molecule has 4 rings (SSSR count). The molecule has 1 aliphatic rings. The number of fused-ring (bicyclic) bond motifs is 1. The fraction of sp³-hybridized carbons (Fsp3) is 0.250. The first-order valence-corrected chi connectivity index (χ1v) is 11.0. The van der Waals surface area contributed by atoms with E-state index in [1.807, 2.05) is 29.2 Å². The highest BCUT2D eigenvalue weighted by Crippen LogP contribution is 2.29. The summed E-state index contributed by atoms with van der Waals surface area (Å²) >= 11 is 0. The van der Waals surface area contributed by atoms with Crippen molar-refractivity contribution >= 4 is 32.3 Å². The van der Waals surface area contributed by atoms with Gasteiger partial charge in [0.2, 0.25) is 10.0 Å². The maximum atomic E-state index is 12.0. The molecule has 0 aliphatic carbocycles. The van der Waals surface area contributed by atoms with Gasteiger partial charge in [0.15, 0.2) is 0 Å². The zero-order valence-electron chi connectivity index (χ0n) is 16.1. The largest absolute Gasteiger partial charge is 0.368 e. The molecule has 0 radical (unpaired) electrons. The molecular weight excluding hydrogens is 406 g/mol. The molecule has 2 N–H and O–H groups in total. The molecule has 0 unspecified atom stereocenters. The Bertz CT molecular complexity index is 1200. The number of para-hydroxylation sites is 1. The second-order valence-electron chi connectivity index (χ2n) is 7.21. The number of aromatic nitrogens is 1. The highest BCUT2D eigenvalue weighted by Gasteiger charge is 2.25. The number of non-ortho nitro benzene ring substituents is 1. The van der Waals surface area contributed by atoms with Crippen LogP contribution in [0.15, 0.2) is 59.6 Å². The standard InChI is InChI=1S/C20H21N5O4S/c21-30(28,29)19-13-17(25(26)27)6-7-18(19)24-11-9-23(10-12-24)14-16-4-1-3-15-5-2-8-22-20(15)16/h1-8,13H,9-12,14H2,(H2,21,28,29). The van der Waals surface area contributed by atoms with Gasteiger partial charge in [-0.3, -0.25) is 20.0 Å². The second-order valence-corrected chi connectivity index (χ2v) is 8.74. The number of nitrogens with zero attached hydrogens (tertiary/aromatic N) is 4. The summed E-state index contributed by atoms with van der Waals surface area (Å²) in [7, 11) is -4.09. The Kier molecular flexibility index (Phi) is 5.37. The van der Waals surface area contributed by atoms with E-state index >= 15 is 0 Å². The van der Waals surface area contributed by atoms with Crippen molar-refractivity contribution < 1.29 is 13.3 Å². The van der Waals surface area contributed by atoms with Crippen LogP contribution in [0.3, 0.4) is 0 Å². The van der Waals surface area contributed by atoms with Gasteiger partial charge < -0.3 is 4.90 Å². The molecule has 9 nitrogen and oxygen atoms in total. The van der Waals surface area contributed by atoms with Crippen molar-refractivity contribution in [1.82, 2.24) is 9.88 Å². The summed E-state index contributed by atoms with van der Waals surface area (Å²) in [5, 5.41) is 17.4. The minimum atomic E-state index is -4.09. The number of hydrogen-bond donors (Lipinski definition) is 1. The molecule has 0 spiro atoms. The van der Waals surface area contributed by atoms with Crippen LogP contribution in [0.4, 0.5) is 11.4 Å². The number of nitro groups is 1. The Balaban J connectivity index is 1.52. The van der Waals surface area contributed by atoms with Gasteiger partial charge in [-0.15, -0.1) is 0 Å². The Labute approximate surface area is 173 Å². The Morgan fingerprint density at radius 3 is 2.50 bits per heavy atom. The van der Waals surface area contributed by atoms with Crippen molar-refractivity contribution in [3.05, 3.63) is 70.4 Å². The molecular formula is C20H21N5O4S. The average molecular weight is 427 g/mol. The third kappa shape index (κ3) is 4.11. The lowest BCUT2D eigenvalue weighted by atomic mass is 10.1. The fourth-order valence-corrected chi connectivity index (χ4v) is 4.56. The molecule has 0 amide bonds. The van der Waals surface area contributed by atoms with Crippen LogP contribution in [0.25, 0.3) is 10.9 Å². The lowest BCUT2D eigenvalue weighted by Crippen LogP contribution is -2.46. The van der Waals surface area contributed by atoms with Crippen LogP contribution in [0.5, 0.6) is 0 Å². The lowest BCUT2D eigenvalue weighted by Gasteiger charge is -2.36. The Morgan fingerprint density at radius 2 is 1.80 bits per heavy atom. The maximum Gasteiger partial charge on any atom is 0.270 e. The summed E-state index contributed by atoms with van der Waals surface area (Å²) in [5.41, 5.74) is 2.22. The highest BCUT2D eigenvalue weighted by molar-refractivity contribution is 7.89. The van der Waals surface area contributed by atoms with Gasteiger partial charge in [0.05, 0.1) is 16.1 Å². The summed E-state index contributed by atoms with van der Waals surface area (Å²) in [6.45, 7) is 3.33. The van der Waals surface area contributed by atoms with Crippen LogP contribution < -0.4 is 10.0 Å². The molecule has 30 heavy (non-hydrogen) atoms. The average Bonchev–Trinajstić information content (AvgIpc) is 2.73. The van der Waals surface area contributed by atoms with Crippen LogP contribution in [0.2, 0.25) is 0 Å². The molecule has 1 fully saturated rings. The van der Waals surface area contributed by atoms with E-state index in [-0.39, 0.29) is 10.6 Å². The monoisotopic (exact) mass is 427 g/mol. The van der Waals surface area contributed by atoms with Gasteiger partial charge in [-0.05, 0) is 17.7 Å². The summed E-state index contributed by atoms with van der Waals surface area (Å²) < 4.78 is 24.0. The third-order valence-corrected chi connectivity index (χ3v) is 6.22. The molecule has 2 heterocycles. The summed E-state index contributed by atoms with van der Waals surface area (Å²) in [5.74, 6) is 0. The molecule has 0 saturated carbocycles. The molecule has 0 atom stereocenters. The number of nitro benzene ring substituents is 1. The maximum absolute atomic E-state index is 12.0. The zero-order valence-corrected chi connectivity index (χ0v) is 17.0. The van der Waals surface area contributed by atoms with E-state index in [1.165, 1.54) is 12.1 Å². The van der Waals surface area contributed by atoms with Crippen molar-refractivity contribution in [1.29, 1.82) is 0 Å². The molecule has 1 aromatic heterocycles. The summed E-state index contributed by atoms with van der Waals surface area (Å²) in [4.78, 5) is 18.9. The van der Waals surface area contributed by atoms with E-state index in [2.05, 4.69) is 16.0 Å². The van der Waals surface area contributed by atoms with E-state index in [9.17, 15) is 18.5 Å². The lowest BCUT2D eigenvalue weighted by molar-refractivity contribution is -0.385. The van der Waals surface area contributed by atoms with Crippen LogP contribution in [-0.2, 0) is 16.6 Å². The first-order chi connectivity index (χ1) is 14.3. The zero-order chi connectivity index (χ0) is 21.3. The van der Waals surface area contributed by atoms with Gasteiger partial charge in [0.25, 0.3) is 5.69 Å². The molecule has 2 aromatic carbocycles. The number of pyridine rings is 1. The third-order valence-electron chi connectivity index (χ3n) is 5.28. The smallest absolute Gasteiger partial charge is 0.270 e. The normalized spacial score (nSPS) is 15.4. The first-order valence-electron chi connectivity index (χ1n) is 9.44. The van der Waals surface area contributed by atoms with Crippen molar-refractivity contribution in [3.63, 3.8) is 0 Å². The number of primary sulfonamides is 1. The summed E-state index contributed by atoms with van der Waals surface area (Å²) in [6.07, 6.45) is 1.78. The Morgan fingerprint density at radius 1 is 1.07 bits per heavy atom. The van der Waals surface area contributed by atoms with E-state index in [0.29, 0.717) is 31.9 Å². The van der Waals surface area contributed by atoms with E-state index in [4.69, 9.17) is 5.14 Å². The van der Waals surface area contributed by atoms with Crippen LogP contribution in [0.1, 0.15) is 5.56 Å². The predicted octanol–water partition coefficient (Wildman–Crippen LogP) is 2.11. The number of nitrogens with two attached hydrogens (primary N) is 1. The van der Waals surface area contributed by atoms with Crippen molar-refractivity contribution in [2.24, 2.45) is 5.14 Å². The molecule has 3 aromatic rings. The SMILES string of the molecule is NS(=O)(=O)c1cc([N+](=O)[O-])ccc1N1CCN(Cc2cccc3cccnc23)CC1. The van der Waals surface area contributed by atoms with Gasteiger partial charge in [-0.1, -0.05) is 24.3 Å². The number of benzene rings is 2. The topological polar surface area (TPSA) is 123 Å². The molecule has 156 valence electrons. The van der Waals surface area contributed by atoms with E-state index < -0.39 is 14.9 Å².